The van der Waals surface area contributed by atoms with Crippen molar-refractivity contribution in [1.29, 1.82) is 0 Å². The normalized spacial score (nSPS) is 21.9. The predicted molar refractivity (Wildman–Crippen MR) is 122 cm³/mol. The second-order valence-corrected chi connectivity index (χ2v) is 10.9. The third kappa shape index (κ3) is 3.69. The van der Waals surface area contributed by atoms with Crippen molar-refractivity contribution >= 4 is 36.0 Å². The molecule has 0 amide bonds. The minimum absolute atomic E-state index is 0.0701. The number of nitrogen functional groups attached to an aromatic ring is 1. The first-order valence-electron chi connectivity index (χ1n) is 10.8. The predicted octanol–water partition coefficient (Wildman–Crippen LogP) is 3.19. The van der Waals surface area contributed by atoms with E-state index >= 15 is 8.78 Å². The van der Waals surface area contributed by atoms with E-state index in [-0.39, 0.29) is 24.6 Å². The summed E-state index contributed by atoms with van der Waals surface area (Å²) in [6, 6.07) is -1.17. The van der Waals surface area contributed by atoms with Crippen LogP contribution < -0.4 is 16.1 Å². The highest BCUT2D eigenvalue weighted by Crippen LogP contribution is 2.54. The Morgan fingerprint density at radius 1 is 1.15 bits per heavy atom. The van der Waals surface area contributed by atoms with Crippen LogP contribution in [0, 0.1) is 11.6 Å². The molecule has 1 aliphatic carbocycles. The Morgan fingerprint density at radius 2 is 1.71 bits per heavy atom. The molecule has 0 spiro atoms. The molecular formula is C21H27F2N4O6P. The number of benzene rings is 1. The molecule has 2 aliphatic rings. The van der Waals surface area contributed by atoms with Gasteiger partial charge in [0.05, 0.1) is 16.6 Å². The average molecular weight is 500 g/mol. The molecule has 2 atom stereocenters. The lowest BCUT2D eigenvalue weighted by atomic mass is 10.0. The van der Waals surface area contributed by atoms with E-state index in [1.807, 2.05) is 0 Å². The van der Waals surface area contributed by atoms with Gasteiger partial charge in [-0.3, -0.25) is 13.8 Å². The van der Waals surface area contributed by atoms with Gasteiger partial charge >= 0.3 is 13.7 Å². The molecule has 1 aromatic carbocycles. The van der Waals surface area contributed by atoms with Crippen LogP contribution >= 0.6 is 7.75 Å². The molecule has 0 radical (unpaired) electrons. The maximum absolute atomic E-state index is 16.0. The molecule has 0 bridgehead atoms. The molecule has 13 heteroatoms. The first kappa shape index (κ1) is 24.6. The van der Waals surface area contributed by atoms with Gasteiger partial charge in [0.15, 0.2) is 11.6 Å². The summed E-state index contributed by atoms with van der Waals surface area (Å²) in [6.07, 6.45) is 2.43. The number of rotatable bonds is 6. The van der Waals surface area contributed by atoms with Gasteiger partial charge in [0, 0.05) is 51.6 Å². The Balaban J connectivity index is 1.89. The maximum atomic E-state index is 16.0. The fourth-order valence-corrected chi connectivity index (χ4v) is 6.50. The lowest BCUT2D eigenvalue weighted by molar-refractivity contribution is 0.0694. The number of halogens is 2. The van der Waals surface area contributed by atoms with E-state index in [0.29, 0.717) is 12.8 Å². The van der Waals surface area contributed by atoms with E-state index in [9.17, 15) is 19.3 Å². The summed E-state index contributed by atoms with van der Waals surface area (Å²) < 4.78 is 57.7. The number of hydrogen-bond donors (Lipinski definition) is 2. The van der Waals surface area contributed by atoms with Crippen LogP contribution in [0.15, 0.2) is 11.0 Å². The summed E-state index contributed by atoms with van der Waals surface area (Å²) in [5.41, 5.74) is 3.14. The lowest BCUT2D eigenvalue weighted by Crippen LogP contribution is -2.55. The van der Waals surface area contributed by atoms with Crippen molar-refractivity contribution in [2.45, 2.75) is 44.8 Å². The largest absolute Gasteiger partial charge is 0.477 e. The average Bonchev–Trinajstić information content (AvgIpc) is 3.61. The molecule has 1 aliphatic heterocycles. The highest BCUT2D eigenvalue weighted by atomic mass is 31.2. The van der Waals surface area contributed by atoms with Gasteiger partial charge in [0.25, 0.3) is 0 Å². The van der Waals surface area contributed by atoms with Crippen molar-refractivity contribution in [2.24, 2.45) is 0 Å². The van der Waals surface area contributed by atoms with Gasteiger partial charge in [0.2, 0.25) is 5.43 Å². The number of carboxylic acid groups (broad SMARTS) is 1. The number of nitrogens with zero attached hydrogens (tertiary/aromatic N) is 3. The summed E-state index contributed by atoms with van der Waals surface area (Å²) in [4.78, 5) is 25.9. The number of fused-ring (bicyclic) bond motifs is 1. The zero-order chi connectivity index (χ0) is 25.1. The number of aromatic carboxylic acids is 1. The van der Waals surface area contributed by atoms with Crippen LogP contribution in [0.3, 0.4) is 0 Å². The molecule has 4 rings (SSSR count). The third-order valence-electron chi connectivity index (χ3n) is 6.47. The number of anilines is 2. The molecule has 186 valence electrons. The zero-order valence-electron chi connectivity index (χ0n) is 19.2. The molecular weight excluding hydrogens is 473 g/mol. The van der Waals surface area contributed by atoms with Gasteiger partial charge in [-0.25, -0.2) is 18.1 Å². The summed E-state index contributed by atoms with van der Waals surface area (Å²) in [6.45, 7) is 3.60. The zero-order valence-corrected chi connectivity index (χ0v) is 20.1. The van der Waals surface area contributed by atoms with Gasteiger partial charge < -0.3 is 20.3 Å². The topological polar surface area (TPSA) is 127 Å². The van der Waals surface area contributed by atoms with Gasteiger partial charge in [-0.1, -0.05) is 0 Å². The molecule has 1 saturated carbocycles. The first-order chi connectivity index (χ1) is 16.0. The smallest absolute Gasteiger partial charge is 0.408 e. The highest BCUT2D eigenvalue weighted by Gasteiger charge is 2.44. The maximum Gasteiger partial charge on any atom is 0.408 e. The quantitative estimate of drug-likeness (QED) is 0.454. The SMILES string of the molecule is COP(=O)(OC)N1[C@H](C)CN(c2c(F)c(N)c3c(=O)c(C(=O)O)cn(C4CC4)c3c2F)C[C@@H]1C. The molecule has 2 heterocycles. The van der Waals surface area contributed by atoms with Crippen molar-refractivity contribution in [3.8, 4) is 0 Å². The molecule has 10 nitrogen and oxygen atoms in total. The summed E-state index contributed by atoms with van der Waals surface area (Å²) in [5, 5.41) is 8.95. The van der Waals surface area contributed by atoms with Crippen molar-refractivity contribution in [2.75, 3.05) is 37.9 Å². The molecule has 0 unspecified atom stereocenters. The standard InChI is InChI=1S/C21H27F2N4O6P/c1-10-7-25(8-11(2)27(10)34(31,32-3)33-4)19-15(22)17(24)14-18(16(19)23)26(12-5-6-12)9-13(20(14)28)21(29)30/h9-12H,5-8,24H2,1-4H3,(H,29,30)/t10-,11+. The number of aromatic nitrogens is 1. The number of pyridine rings is 1. The van der Waals surface area contributed by atoms with Crippen molar-refractivity contribution in [1.82, 2.24) is 9.24 Å². The van der Waals surface area contributed by atoms with Gasteiger partial charge in [-0.15, -0.1) is 0 Å². The Hall–Kier alpha value is -2.53. The number of carbonyl (C=O) groups is 1. The van der Waals surface area contributed by atoms with Crippen LogP contribution in [0.5, 0.6) is 0 Å². The Bertz CT molecular complexity index is 1260. The minimum atomic E-state index is -3.60. The number of carboxylic acids is 1. The molecule has 2 fully saturated rings. The second-order valence-electron chi connectivity index (χ2n) is 8.75. The van der Waals surface area contributed by atoms with Gasteiger partial charge in [-0.2, -0.15) is 4.67 Å². The van der Waals surface area contributed by atoms with Crippen LogP contribution in [0.1, 0.15) is 43.1 Å². The fourth-order valence-electron chi connectivity index (χ4n) is 4.87. The molecule has 3 N–H and O–H groups in total. The Morgan fingerprint density at radius 3 is 2.18 bits per heavy atom. The van der Waals surface area contributed by atoms with E-state index in [0.717, 1.165) is 6.20 Å². The monoisotopic (exact) mass is 500 g/mol. The van der Waals surface area contributed by atoms with Gasteiger partial charge in [0.1, 0.15) is 11.3 Å². The van der Waals surface area contributed by atoms with E-state index in [4.69, 9.17) is 14.8 Å². The van der Waals surface area contributed by atoms with E-state index < -0.39 is 65.2 Å². The fraction of sp³-hybridized carbons (Fsp3) is 0.524. The van der Waals surface area contributed by atoms with E-state index in [1.54, 1.807) is 18.5 Å². The van der Waals surface area contributed by atoms with Crippen molar-refractivity contribution in [3.63, 3.8) is 0 Å². The number of hydrogen-bond acceptors (Lipinski definition) is 7. The molecule has 1 aromatic heterocycles. The van der Waals surface area contributed by atoms with Crippen LogP contribution in [-0.4, -0.2) is 59.7 Å². The van der Waals surface area contributed by atoms with Gasteiger partial charge in [-0.05, 0) is 26.7 Å². The van der Waals surface area contributed by atoms with Crippen LogP contribution in [0.4, 0.5) is 20.2 Å². The number of piperazine rings is 1. The van der Waals surface area contributed by atoms with Crippen molar-refractivity contribution < 1.29 is 32.3 Å². The molecule has 1 saturated heterocycles. The van der Waals surface area contributed by atoms with Crippen LogP contribution in [0.25, 0.3) is 10.9 Å². The molecule has 2 aromatic rings. The highest BCUT2D eigenvalue weighted by molar-refractivity contribution is 7.51. The second kappa shape index (κ2) is 8.60. The Labute approximate surface area is 194 Å². The Kier molecular flexibility index (Phi) is 6.22. The summed E-state index contributed by atoms with van der Waals surface area (Å²) in [7, 11) is -1.07. The van der Waals surface area contributed by atoms with E-state index in [1.165, 1.54) is 23.7 Å². The summed E-state index contributed by atoms with van der Waals surface area (Å²) in [5.74, 6) is -3.62. The first-order valence-corrected chi connectivity index (χ1v) is 12.3. The minimum Gasteiger partial charge on any atom is -0.477 e. The lowest BCUT2D eigenvalue weighted by Gasteiger charge is -2.46. The van der Waals surface area contributed by atoms with Crippen LogP contribution in [0.2, 0.25) is 0 Å². The van der Waals surface area contributed by atoms with Crippen LogP contribution in [-0.2, 0) is 13.6 Å². The summed E-state index contributed by atoms with van der Waals surface area (Å²) >= 11 is 0. The number of nitrogens with two attached hydrogens (primary N) is 1. The van der Waals surface area contributed by atoms with E-state index in [2.05, 4.69) is 0 Å². The molecule has 34 heavy (non-hydrogen) atoms. The third-order valence-corrected chi connectivity index (χ3v) is 8.75. The van der Waals surface area contributed by atoms with Crippen molar-refractivity contribution in [3.05, 3.63) is 33.6 Å².